The SMILES string of the molecule is CC(=O)/C=C(\[O-])C(F)(F)F.CC(=O)/C=C(\[O-])C(F)(F)F.CO.CO.CO.CO.Cc1ccc([O-])c(/C=N/N=C(\[O-])c2cnccn2)c1.Cc1ccc([O-])c(/C=N/N=C(\[O-])c2cnccn2)c1.[Dy+3].[Dy+3]. The molecule has 0 saturated carbocycles. The molecule has 0 fully saturated rings. The van der Waals surface area contributed by atoms with Gasteiger partial charge in [-0.05, 0) is 62.5 Å². The Labute approximate surface area is 446 Å². The summed E-state index contributed by atoms with van der Waals surface area (Å²) in [5.74, 6) is -7.58. The molecule has 0 aliphatic rings. The van der Waals surface area contributed by atoms with Gasteiger partial charge in [-0.25, -0.2) is 0 Å². The van der Waals surface area contributed by atoms with Crippen molar-refractivity contribution < 1.29 is 163 Å². The van der Waals surface area contributed by atoms with Crippen molar-refractivity contribution >= 4 is 35.8 Å². The number of rotatable bonds is 8. The maximum absolute atomic E-state index is 11.5. The average molecular weight is 1270 g/mol. The molecule has 0 amide bonds. The van der Waals surface area contributed by atoms with Gasteiger partial charge in [0.2, 0.25) is 0 Å². The normalized spacial score (nSPS) is 11.0. The van der Waals surface area contributed by atoms with Crippen LogP contribution < -0.4 is 30.6 Å². The van der Waals surface area contributed by atoms with E-state index in [-0.39, 0.29) is 111 Å². The van der Waals surface area contributed by atoms with E-state index in [2.05, 4.69) is 40.3 Å². The van der Waals surface area contributed by atoms with Crippen molar-refractivity contribution in [1.82, 2.24) is 19.9 Å². The van der Waals surface area contributed by atoms with Crippen LogP contribution in [-0.4, -0.2) is 117 Å². The summed E-state index contributed by atoms with van der Waals surface area (Å²) in [4.78, 5) is 34.9. The molecule has 68 heavy (non-hydrogen) atoms. The number of allylic oxidation sites excluding steroid dienone is 4. The van der Waals surface area contributed by atoms with Gasteiger partial charge in [-0.15, -0.1) is 0 Å². The summed E-state index contributed by atoms with van der Waals surface area (Å²) >= 11 is 0. The molecule has 4 N–H and O–H groups in total. The minimum Gasteiger partial charge on any atom is -0.872 e. The van der Waals surface area contributed by atoms with Crippen molar-refractivity contribution in [3.05, 3.63) is 131 Å². The Morgan fingerprint density at radius 2 is 0.853 bits per heavy atom. The number of hydrogen-bond acceptors (Lipinski definition) is 20. The van der Waals surface area contributed by atoms with Crippen molar-refractivity contribution in [2.24, 2.45) is 20.4 Å². The number of hydrogen-bond donors (Lipinski definition) is 4. The number of alkyl halides is 6. The molecule has 2 aromatic carbocycles. The summed E-state index contributed by atoms with van der Waals surface area (Å²) in [7, 11) is 4.00. The van der Waals surface area contributed by atoms with Gasteiger partial charge >= 0.3 is 88.7 Å². The van der Waals surface area contributed by atoms with Gasteiger partial charge in [0.05, 0.1) is 36.2 Å². The topological polar surface area (TPSA) is 354 Å². The molecule has 0 unspecified atom stereocenters. The Hall–Kier alpha value is -5.13. The van der Waals surface area contributed by atoms with E-state index in [0.717, 1.165) is 53.4 Å². The maximum Gasteiger partial charge on any atom is 3.00 e. The van der Waals surface area contributed by atoms with Gasteiger partial charge in [0, 0.05) is 65.0 Å². The predicted octanol–water partition coefficient (Wildman–Crippen LogP) is -0.803. The van der Waals surface area contributed by atoms with E-state index in [1.807, 2.05) is 13.8 Å². The molecule has 0 aliphatic heterocycles. The van der Waals surface area contributed by atoms with Crippen LogP contribution in [0.1, 0.15) is 47.5 Å². The zero-order valence-corrected chi connectivity index (χ0v) is 40.8. The average Bonchev–Trinajstić information content (AvgIpc) is 3.29. The van der Waals surface area contributed by atoms with Gasteiger partial charge < -0.3 is 51.1 Å². The van der Waals surface area contributed by atoms with Crippen LogP contribution in [0.3, 0.4) is 0 Å². The number of aryl methyl sites for hydroxylation is 2. The van der Waals surface area contributed by atoms with Gasteiger partial charge in [0.1, 0.15) is 0 Å². The Balaban J connectivity index is -0.000000184. The summed E-state index contributed by atoms with van der Waals surface area (Å²) in [6.07, 6.45) is 0.975. The predicted molar refractivity (Wildman–Crippen MR) is 216 cm³/mol. The van der Waals surface area contributed by atoms with E-state index in [0.29, 0.717) is 11.1 Å². The molecule has 2 heterocycles. The first kappa shape index (κ1) is 74.4. The second-order valence-corrected chi connectivity index (χ2v) is 10.8. The molecule has 0 aliphatic carbocycles. The first-order valence-electron chi connectivity index (χ1n) is 17.4. The molecule has 4 aromatic rings. The van der Waals surface area contributed by atoms with Crippen LogP contribution in [0.4, 0.5) is 26.3 Å². The van der Waals surface area contributed by atoms with Gasteiger partial charge in [-0.3, -0.25) is 29.5 Å². The number of nitrogens with zero attached hydrogens (tertiary/aromatic N) is 8. The first-order valence-corrected chi connectivity index (χ1v) is 17.4. The van der Waals surface area contributed by atoms with E-state index >= 15 is 0 Å². The standard InChI is InChI=1S/2C13H12N4O2.2C5H5F3O2.4CH4O.2Dy/c2*1-9-2-3-12(18)10(6-9)7-16-17-13(19)11-8-14-4-5-15-11;2*1-3(9)2-4(10)5(6,7)8;4*1-2;;/h2*2-8,18H,1H3,(H,17,19);2*2,10H,1H3;4*2H,1H3;;/q;;;;;;;;2*+3/p-6/b2*16-7+;2*4-2-;;;;;;. The molecule has 2 radical (unpaired) electrons. The number of aliphatic hydroxyl groups excluding tert-OH is 4. The number of aliphatic hydroxyl groups is 4. The van der Waals surface area contributed by atoms with Crippen LogP contribution in [0, 0.1) is 90.2 Å². The zero-order chi connectivity index (χ0) is 52.1. The summed E-state index contributed by atoms with van der Waals surface area (Å²) in [6, 6.07) is 9.66. The number of carbonyl (C=O) groups is 2. The molecular formula is C40H44Dy2F6N8O12. The second-order valence-electron chi connectivity index (χ2n) is 10.8. The van der Waals surface area contributed by atoms with Crippen LogP contribution in [0.15, 0.2) is 118 Å². The summed E-state index contributed by atoms with van der Waals surface area (Å²) in [5.41, 5.74) is 2.84. The monoisotopic (exact) mass is 1270 g/mol. The zero-order valence-electron chi connectivity index (χ0n) is 36.8. The van der Waals surface area contributed by atoms with E-state index < -0.39 is 47.2 Å². The number of carbonyl (C=O) groups excluding carboxylic acids is 2. The Morgan fingerprint density at radius 3 is 1.07 bits per heavy atom. The molecule has 378 valence electrons. The molecule has 0 atom stereocenters. The van der Waals surface area contributed by atoms with Crippen molar-refractivity contribution in [1.29, 1.82) is 0 Å². The third-order valence-corrected chi connectivity index (χ3v) is 5.81. The van der Waals surface area contributed by atoms with Crippen molar-refractivity contribution in [3.63, 3.8) is 0 Å². The second kappa shape index (κ2) is 43.2. The van der Waals surface area contributed by atoms with Crippen LogP contribution in [-0.2, 0) is 9.59 Å². The summed E-state index contributed by atoms with van der Waals surface area (Å²) in [5, 5.41) is 108. The fourth-order valence-electron chi connectivity index (χ4n) is 3.28. The number of ketones is 2. The van der Waals surface area contributed by atoms with Crippen molar-refractivity contribution in [3.8, 4) is 11.5 Å². The van der Waals surface area contributed by atoms with Gasteiger partial charge in [-0.2, -0.15) is 46.7 Å². The Bertz CT molecular complexity index is 2030. The smallest absolute Gasteiger partial charge is 0.872 e. The van der Waals surface area contributed by atoms with Crippen molar-refractivity contribution in [2.75, 3.05) is 28.4 Å². The van der Waals surface area contributed by atoms with E-state index in [9.17, 15) is 66.6 Å². The number of halogens is 6. The molecule has 4 rings (SSSR count). The fraction of sp³-hybridized carbons (Fsp3) is 0.250. The molecule has 20 nitrogen and oxygen atoms in total. The van der Waals surface area contributed by atoms with Crippen molar-refractivity contribution in [2.45, 2.75) is 40.0 Å². The van der Waals surface area contributed by atoms with Gasteiger partial charge in [0.25, 0.3) is 0 Å². The summed E-state index contributed by atoms with van der Waals surface area (Å²) < 4.78 is 67.7. The molecular weight excluding hydrogens is 1220 g/mol. The first-order chi connectivity index (χ1) is 31.0. The van der Waals surface area contributed by atoms with Gasteiger partial charge in [0.15, 0.2) is 11.6 Å². The van der Waals surface area contributed by atoms with Crippen LogP contribution in [0.5, 0.6) is 11.5 Å². The molecule has 0 bridgehead atoms. The van der Waals surface area contributed by atoms with E-state index in [1.165, 1.54) is 61.7 Å². The number of aromatic nitrogens is 4. The summed E-state index contributed by atoms with van der Waals surface area (Å²) in [6.45, 7) is 5.48. The maximum atomic E-state index is 11.5. The van der Waals surface area contributed by atoms with Crippen LogP contribution >= 0.6 is 0 Å². The quantitative estimate of drug-likeness (QED) is 0.0419. The minimum atomic E-state index is -4.92. The minimum absolute atomic E-state index is 0. The molecule has 0 saturated heterocycles. The molecule has 0 spiro atoms. The molecule has 2 aromatic heterocycles. The largest absolute Gasteiger partial charge is 3.00 e. The van der Waals surface area contributed by atoms with E-state index in [1.54, 1.807) is 24.3 Å². The number of benzene rings is 2. The van der Waals surface area contributed by atoms with Crippen LogP contribution in [0.2, 0.25) is 0 Å². The Morgan fingerprint density at radius 1 is 0.559 bits per heavy atom. The Kier molecular flexibility index (Phi) is 47.2. The van der Waals surface area contributed by atoms with Gasteiger partial charge in [-0.1, -0.05) is 59.0 Å². The molecule has 28 heteroatoms. The fourth-order valence-corrected chi connectivity index (χ4v) is 3.28. The third-order valence-electron chi connectivity index (χ3n) is 5.81. The van der Waals surface area contributed by atoms with Crippen LogP contribution in [0.25, 0.3) is 0 Å². The van der Waals surface area contributed by atoms with E-state index in [4.69, 9.17) is 20.4 Å². The third kappa shape index (κ3) is 36.9.